The van der Waals surface area contributed by atoms with Gasteiger partial charge in [0.15, 0.2) is 11.6 Å². The Morgan fingerprint density at radius 3 is 2.41 bits per heavy atom. The zero-order valence-corrected chi connectivity index (χ0v) is 11.9. The van der Waals surface area contributed by atoms with Crippen LogP contribution in [0.5, 0.6) is 0 Å². The van der Waals surface area contributed by atoms with Gasteiger partial charge in [0, 0.05) is 24.2 Å². The molecular formula is C16H14F2N4. The van der Waals surface area contributed by atoms with Crippen molar-refractivity contribution >= 4 is 22.4 Å². The first-order valence-corrected chi connectivity index (χ1v) is 6.74. The molecule has 0 atom stereocenters. The van der Waals surface area contributed by atoms with E-state index >= 15 is 0 Å². The van der Waals surface area contributed by atoms with Crippen LogP contribution >= 0.6 is 0 Å². The third-order valence-corrected chi connectivity index (χ3v) is 3.41. The van der Waals surface area contributed by atoms with Gasteiger partial charge in [0.2, 0.25) is 0 Å². The van der Waals surface area contributed by atoms with Gasteiger partial charge in [0.1, 0.15) is 11.6 Å². The lowest BCUT2D eigenvalue weighted by Gasteiger charge is -2.20. The van der Waals surface area contributed by atoms with Crippen LogP contribution in [0, 0.1) is 11.6 Å². The lowest BCUT2D eigenvalue weighted by atomic mass is 10.2. The number of halogens is 2. The molecule has 0 fully saturated rings. The number of hydrogen-bond acceptors (Lipinski definition) is 4. The zero-order chi connectivity index (χ0) is 15.7. The molecule has 112 valence electrons. The minimum Gasteiger partial charge on any atom is -0.329 e. The van der Waals surface area contributed by atoms with E-state index in [9.17, 15) is 8.78 Å². The zero-order valence-electron chi connectivity index (χ0n) is 11.9. The maximum absolute atomic E-state index is 13.6. The SMILES string of the molecule is CN(c1ccccc1)c1nc(CN)nc2cc(F)c(F)cc12. The fourth-order valence-electron chi connectivity index (χ4n) is 2.28. The highest BCUT2D eigenvalue weighted by Crippen LogP contribution is 2.29. The van der Waals surface area contributed by atoms with Gasteiger partial charge in [-0.05, 0) is 18.2 Å². The van der Waals surface area contributed by atoms with Crippen LogP contribution in [0.4, 0.5) is 20.3 Å². The second kappa shape index (κ2) is 5.65. The van der Waals surface area contributed by atoms with E-state index in [1.54, 1.807) is 11.9 Å². The summed E-state index contributed by atoms with van der Waals surface area (Å²) in [5, 5.41) is 0.433. The van der Waals surface area contributed by atoms with Crippen molar-refractivity contribution in [3.8, 4) is 0 Å². The van der Waals surface area contributed by atoms with E-state index in [-0.39, 0.29) is 6.54 Å². The molecule has 2 aromatic carbocycles. The van der Waals surface area contributed by atoms with Crippen LogP contribution in [-0.2, 0) is 6.54 Å². The van der Waals surface area contributed by atoms with Crippen LogP contribution in [0.3, 0.4) is 0 Å². The van der Waals surface area contributed by atoms with E-state index in [1.807, 2.05) is 30.3 Å². The Morgan fingerprint density at radius 1 is 1.05 bits per heavy atom. The average Bonchev–Trinajstić information content (AvgIpc) is 2.55. The van der Waals surface area contributed by atoms with Crippen LogP contribution in [0.25, 0.3) is 10.9 Å². The monoisotopic (exact) mass is 300 g/mol. The maximum Gasteiger partial charge on any atom is 0.161 e. The lowest BCUT2D eigenvalue weighted by Crippen LogP contribution is -2.15. The van der Waals surface area contributed by atoms with Crippen LogP contribution in [0.15, 0.2) is 42.5 Å². The number of aromatic nitrogens is 2. The fourth-order valence-corrected chi connectivity index (χ4v) is 2.28. The quantitative estimate of drug-likeness (QED) is 0.807. The molecule has 0 aliphatic rings. The number of hydrogen-bond donors (Lipinski definition) is 1. The van der Waals surface area contributed by atoms with Gasteiger partial charge in [0.25, 0.3) is 0 Å². The number of fused-ring (bicyclic) bond motifs is 1. The number of benzene rings is 2. The minimum atomic E-state index is -0.942. The molecule has 22 heavy (non-hydrogen) atoms. The molecule has 0 aliphatic carbocycles. The Balaban J connectivity index is 2.25. The molecule has 3 aromatic rings. The van der Waals surface area contributed by atoms with Crippen molar-refractivity contribution in [1.29, 1.82) is 0 Å². The molecule has 0 amide bonds. The second-order valence-electron chi connectivity index (χ2n) is 4.85. The molecule has 6 heteroatoms. The topological polar surface area (TPSA) is 55.0 Å². The number of para-hydroxylation sites is 1. The van der Waals surface area contributed by atoms with Crippen LogP contribution in [-0.4, -0.2) is 17.0 Å². The number of nitrogens with two attached hydrogens (primary N) is 1. The molecule has 0 spiro atoms. The van der Waals surface area contributed by atoms with Crippen LogP contribution in [0.2, 0.25) is 0 Å². The number of rotatable bonds is 3. The van der Waals surface area contributed by atoms with Crippen LogP contribution < -0.4 is 10.6 Å². The smallest absolute Gasteiger partial charge is 0.161 e. The Bertz CT molecular complexity index is 821. The first-order valence-electron chi connectivity index (χ1n) is 6.74. The van der Waals surface area contributed by atoms with Gasteiger partial charge in [-0.25, -0.2) is 18.7 Å². The van der Waals surface area contributed by atoms with Crippen molar-refractivity contribution in [1.82, 2.24) is 9.97 Å². The molecule has 0 bridgehead atoms. The summed E-state index contributed by atoms with van der Waals surface area (Å²) < 4.78 is 27.1. The van der Waals surface area contributed by atoms with E-state index in [0.717, 1.165) is 17.8 Å². The summed E-state index contributed by atoms with van der Waals surface area (Å²) >= 11 is 0. The fraction of sp³-hybridized carbons (Fsp3) is 0.125. The number of nitrogens with zero attached hydrogens (tertiary/aromatic N) is 3. The molecular weight excluding hydrogens is 286 g/mol. The third-order valence-electron chi connectivity index (χ3n) is 3.41. The van der Waals surface area contributed by atoms with Gasteiger partial charge < -0.3 is 10.6 Å². The van der Waals surface area contributed by atoms with Crippen molar-refractivity contribution in [2.75, 3.05) is 11.9 Å². The van der Waals surface area contributed by atoms with Crippen molar-refractivity contribution in [2.45, 2.75) is 6.54 Å². The summed E-state index contributed by atoms with van der Waals surface area (Å²) in [6.07, 6.45) is 0. The van der Waals surface area contributed by atoms with Crippen molar-refractivity contribution in [3.05, 3.63) is 59.9 Å². The van der Waals surface area contributed by atoms with Gasteiger partial charge in [-0.15, -0.1) is 0 Å². The van der Waals surface area contributed by atoms with Crippen molar-refractivity contribution in [3.63, 3.8) is 0 Å². The Morgan fingerprint density at radius 2 is 1.73 bits per heavy atom. The van der Waals surface area contributed by atoms with Gasteiger partial charge in [-0.1, -0.05) is 18.2 Å². The predicted molar refractivity (Wildman–Crippen MR) is 81.9 cm³/mol. The molecule has 0 saturated carbocycles. The van der Waals surface area contributed by atoms with E-state index < -0.39 is 11.6 Å². The van der Waals surface area contributed by atoms with Crippen molar-refractivity contribution in [2.24, 2.45) is 5.73 Å². The Hall–Kier alpha value is -2.60. The van der Waals surface area contributed by atoms with Crippen LogP contribution in [0.1, 0.15) is 5.82 Å². The Kier molecular flexibility index (Phi) is 3.68. The summed E-state index contributed by atoms with van der Waals surface area (Å²) in [5.74, 6) is -1.02. The summed E-state index contributed by atoms with van der Waals surface area (Å²) in [6.45, 7) is 0.116. The number of anilines is 2. The molecule has 3 rings (SSSR count). The predicted octanol–water partition coefficient (Wildman–Crippen LogP) is 3.13. The average molecular weight is 300 g/mol. The molecule has 4 nitrogen and oxygen atoms in total. The lowest BCUT2D eigenvalue weighted by molar-refractivity contribution is 0.510. The van der Waals surface area contributed by atoms with E-state index in [2.05, 4.69) is 9.97 Å². The summed E-state index contributed by atoms with van der Waals surface area (Å²) in [7, 11) is 1.80. The molecule has 0 radical (unpaired) electrons. The first-order chi connectivity index (χ1) is 10.6. The van der Waals surface area contributed by atoms with Gasteiger partial charge in [0.05, 0.1) is 12.1 Å². The standard InChI is InChI=1S/C16H14F2N4/c1-22(10-5-3-2-4-6-10)16-11-7-12(17)13(18)8-14(11)20-15(9-19)21-16/h2-8H,9,19H2,1H3. The highest BCUT2D eigenvalue weighted by atomic mass is 19.2. The van der Waals surface area contributed by atoms with Gasteiger partial charge in [-0.3, -0.25) is 0 Å². The summed E-state index contributed by atoms with van der Waals surface area (Å²) in [6, 6.07) is 11.6. The van der Waals surface area contributed by atoms with Gasteiger partial charge >= 0.3 is 0 Å². The third kappa shape index (κ3) is 2.48. The largest absolute Gasteiger partial charge is 0.329 e. The van der Waals surface area contributed by atoms with Crippen molar-refractivity contribution < 1.29 is 8.78 Å². The maximum atomic E-state index is 13.6. The molecule has 0 saturated heterocycles. The highest BCUT2D eigenvalue weighted by molar-refractivity contribution is 5.91. The normalized spacial score (nSPS) is 10.9. The van der Waals surface area contributed by atoms with E-state index in [4.69, 9.17) is 5.73 Å². The van der Waals surface area contributed by atoms with E-state index in [0.29, 0.717) is 22.5 Å². The molecule has 0 aliphatic heterocycles. The van der Waals surface area contributed by atoms with Gasteiger partial charge in [-0.2, -0.15) is 0 Å². The van der Waals surface area contributed by atoms with E-state index in [1.165, 1.54) is 0 Å². The summed E-state index contributed by atoms with van der Waals surface area (Å²) in [4.78, 5) is 10.3. The molecule has 1 heterocycles. The highest BCUT2D eigenvalue weighted by Gasteiger charge is 2.15. The Labute approximate surface area is 126 Å². The molecule has 2 N–H and O–H groups in total. The molecule has 0 unspecified atom stereocenters. The molecule has 1 aromatic heterocycles. The second-order valence-corrected chi connectivity index (χ2v) is 4.85. The minimum absolute atomic E-state index is 0.116. The first kappa shape index (κ1) is 14.3. The summed E-state index contributed by atoms with van der Waals surface area (Å²) in [5.41, 5.74) is 6.80.